The third-order valence-corrected chi connectivity index (χ3v) is 6.20. The predicted octanol–water partition coefficient (Wildman–Crippen LogP) is 4.06. The van der Waals surface area contributed by atoms with Gasteiger partial charge >= 0.3 is 0 Å². The molecule has 2 aromatic rings. The van der Waals surface area contributed by atoms with Gasteiger partial charge in [-0.05, 0) is 53.6 Å². The molecule has 4 atom stereocenters. The first-order chi connectivity index (χ1) is 14.1. The fourth-order valence-electron chi connectivity index (χ4n) is 4.56. The summed E-state index contributed by atoms with van der Waals surface area (Å²) in [4.78, 5) is 25.4. The van der Waals surface area contributed by atoms with Gasteiger partial charge in [0.15, 0.2) is 0 Å². The van der Waals surface area contributed by atoms with Crippen molar-refractivity contribution in [1.29, 1.82) is 0 Å². The second-order valence-electron chi connectivity index (χ2n) is 7.72. The molecule has 1 saturated carbocycles. The second-order valence-corrected chi connectivity index (χ2v) is 8.16. The normalized spacial score (nSPS) is 27.3. The van der Waals surface area contributed by atoms with Crippen molar-refractivity contribution in [2.24, 2.45) is 28.8 Å². The Morgan fingerprint density at radius 3 is 2.41 bits per heavy atom. The van der Waals surface area contributed by atoms with Gasteiger partial charge in [-0.15, -0.1) is 0 Å². The predicted molar refractivity (Wildman–Crippen MR) is 109 cm³/mol. The van der Waals surface area contributed by atoms with E-state index < -0.39 is 0 Å². The van der Waals surface area contributed by atoms with Crippen molar-refractivity contribution in [3.05, 3.63) is 76.8 Å². The van der Waals surface area contributed by atoms with E-state index in [1.54, 1.807) is 6.21 Å². The summed E-state index contributed by atoms with van der Waals surface area (Å²) in [5.41, 5.74) is 1.77. The van der Waals surface area contributed by atoms with Crippen LogP contribution in [0.2, 0.25) is 5.02 Å². The van der Waals surface area contributed by atoms with E-state index in [0.717, 1.165) is 22.6 Å². The Hall–Kier alpha value is -2.92. The molecule has 146 valence electrons. The summed E-state index contributed by atoms with van der Waals surface area (Å²) in [6.07, 6.45) is 6.61. The van der Waals surface area contributed by atoms with Crippen LogP contribution in [-0.4, -0.2) is 23.0 Å². The lowest BCUT2D eigenvalue weighted by Crippen LogP contribution is -2.28. The van der Waals surface area contributed by atoms with Crippen molar-refractivity contribution in [2.45, 2.75) is 13.0 Å². The van der Waals surface area contributed by atoms with Gasteiger partial charge in [0, 0.05) is 5.02 Å². The molecule has 2 bridgehead atoms. The Labute approximate surface area is 173 Å². The average molecular weight is 407 g/mol. The molecule has 5 rings (SSSR count). The van der Waals surface area contributed by atoms with Crippen LogP contribution in [0.15, 0.2) is 65.8 Å². The van der Waals surface area contributed by atoms with E-state index >= 15 is 0 Å². The largest absolute Gasteiger partial charge is 0.489 e. The van der Waals surface area contributed by atoms with Gasteiger partial charge < -0.3 is 4.74 Å². The SMILES string of the molecule is O=C1[C@@H]2[C@@H](C(=O)N1/N=C\c1cccc(OCc3ccc(Cl)cc3)c1)[C@H]1C=C[C@H]2C1. The number of nitrogens with zero attached hydrogens (tertiary/aromatic N) is 2. The molecular formula is C23H19ClN2O3. The molecule has 0 spiro atoms. The molecule has 0 radical (unpaired) electrons. The number of ether oxygens (including phenoxy) is 1. The zero-order valence-corrected chi connectivity index (χ0v) is 16.3. The molecule has 2 aliphatic carbocycles. The average Bonchev–Trinajstić information content (AvgIpc) is 3.41. The maximum Gasteiger partial charge on any atom is 0.254 e. The van der Waals surface area contributed by atoms with E-state index in [1.807, 2.05) is 48.5 Å². The van der Waals surface area contributed by atoms with Gasteiger partial charge in [-0.25, -0.2) is 0 Å². The molecule has 2 aromatic carbocycles. The summed E-state index contributed by atoms with van der Waals surface area (Å²) in [6, 6.07) is 14.9. The standard InChI is InChI=1S/C23H19ClN2O3/c24-18-8-4-14(5-9-18)13-29-19-3-1-2-15(10-19)12-25-26-22(27)20-16-6-7-17(11-16)21(20)23(26)28/h1-10,12,16-17,20-21H,11,13H2/b25-12-/t16-,17-,20-,21-/m0/s1. The number of carbonyl (C=O) groups is 2. The number of benzene rings is 2. The molecule has 2 fully saturated rings. The van der Waals surface area contributed by atoms with E-state index in [9.17, 15) is 9.59 Å². The first-order valence-electron chi connectivity index (χ1n) is 9.67. The smallest absolute Gasteiger partial charge is 0.254 e. The Kier molecular flexibility index (Phi) is 4.47. The summed E-state index contributed by atoms with van der Waals surface area (Å²) >= 11 is 5.90. The number of hydrogen-bond acceptors (Lipinski definition) is 4. The van der Waals surface area contributed by atoms with Crippen LogP contribution in [0.3, 0.4) is 0 Å². The highest BCUT2D eigenvalue weighted by Gasteiger charge is 2.59. The van der Waals surface area contributed by atoms with Gasteiger partial charge in [0.2, 0.25) is 0 Å². The zero-order chi connectivity index (χ0) is 20.0. The van der Waals surface area contributed by atoms with Crippen LogP contribution in [0.4, 0.5) is 0 Å². The molecule has 5 nitrogen and oxygen atoms in total. The molecule has 0 aromatic heterocycles. The van der Waals surface area contributed by atoms with Gasteiger partial charge in [-0.2, -0.15) is 10.1 Å². The minimum atomic E-state index is -0.233. The van der Waals surface area contributed by atoms with Crippen LogP contribution in [0.1, 0.15) is 17.5 Å². The Balaban J connectivity index is 1.27. The van der Waals surface area contributed by atoms with Gasteiger partial charge in [0.05, 0.1) is 18.1 Å². The number of rotatable bonds is 5. The molecule has 29 heavy (non-hydrogen) atoms. The Morgan fingerprint density at radius 2 is 1.72 bits per heavy atom. The number of amides is 2. The van der Waals surface area contributed by atoms with Crippen LogP contribution in [0, 0.1) is 23.7 Å². The van der Waals surface area contributed by atoms with E-state index in [-0.39, 0.29) is 35.5 Å². The lowest BCUT2D eigenvalue weighted by Gasteiger charge is -2.13. The summed E-state index contributed by atoms with van der Waals surface area (Å²) in [5, 5.41) is 5.96. The van der Waals surface area contributed by atoms with Crippen molar-refractivity contribution in [3.63, 3.8) is 0 Å². The number of imide groups is 1. The number of halogens is 1. The number of fused-ring (bicyclic) bond motifs is 5. The number of hydrogen-bond donors (Lipinski definition) is 0. The van der Waals surface area contributed by atoms with Crippen LogP contribution in [0.5, 0.6) is 5.75 Å². The van der Waals surface area contributed by atoms with E-state index in [2.05, 4.69) is 17.3 Å². The highest BCUT2D eigenvalue weighted by atomic mass is 35.5. The van der Waals surface area contributed by atoms with Crippen LogP contribution >= 0.6 is 11.6 Å². The van der Waals surface area contributed by atoms with Crippen molar-refractivity contribution in [3.8, 4) is 5.75 Å². The van der Waals surface area contributed by atoms with Gasteiger partial charge in [0.1, 0.15) is 12.4 Å². The zero-order valence-electron chi connectivity index (χ0n) is 15.6. The molecule has 6 heteroatoms. The van der Waals surface area contributed by atoms with Crippen LogP contribution < -0.4 is 4.74 Å². The summed E-state index contributed by atoms with van der Waals surface area (Å²) in [7, 11) is 0. The van der Waals surface area contributed by atoms with E-state index in [1.165, 1.54) is 0 Å². The van der Waals surface area contributed by atoms with Gasteiger partial charge in [0.25, 0.3) is 11.8 Å². The number of allylic oxidation sites excluding steroid dienone is 2. The minimum Gasteiger partial charge on any atom is -0.489 e. The molecule has 1 heterocycles. The van der Waals surface area contributed by atoms with Crippen molar-refractivity contribution in [2.75, 3.05) is 0 Å². The monoisotopic (exact) mass is 406 g/mol. The van der Waals surface area contributed by atoms with E-state index in [0.29, 0.717) is 17.4 Å². The molecule has 0 unspecified atom stereocenters. The third-order valence-electron chi connectivity index (χ3n) is 5.95. The first kappa shape index (κ1) is 18.1. The Morgan fingerprint density at radius 1 is 1.03 bits per heavy atom. The fourth-order valence-corrected chi connectivity index (χ4v) is 4.68. The molecule has 2 amide bonds. The van der Waals surface area contributed by atoms with Gasteiger partial charge in [-0.1, -0.05) is 48.0 Å². The lowest BCUT2D eigenvalue weighted by molar-refractivity contribution is -0.140. The molecule has 1 saturated heterocycles. The van der Waals surface area contributed by atoms with Crippen molar-refractivity contribution < 1.29 is 14.3 Å². The summed E-state index contributed by atoms with van der Waals surface area (Å²) in [6.45, 7) is 0.417. The lowest BCUT2D eigenvalue weighted by atomic mass is 9.85. The summed E-state index contributed by atoms with van der Waals surface area (Å²) < 4.78 is 5.82. The third kappa shape index (κ3) is 3.25. The fraction of sp³-hybridized carbons (Fsp3) is 0.261. The van der Waals surface area contributed by atoms with Crippen LogP contribution in [0.25, 0.3) is 0 Å². The van der Waals surface area contributed by atoms with Crippen molar-refractivity contribution in [1.82, 2.24) is 5.01 Å². The second kappa shape index (κ2) is 7.16. The molecule has 0 N–H and O–H groups in total. The molecule has 3 aliphatic rings. The topological polar surface area (TPSA) is 59.0 Å². The molecule has 1 aliphatic heterocycles. The quantitative estimate of drug-likeness (QED) is 0.427. The summed E-state index contributed by atoms with van der Waals surface area (Å²) in [5.74, 6) is 0.235. The maximum atomic E-state index is 12.7. The van der Waals surface area contributed by atoms with Crippen molar-refractivity contribution >= 4 is 29.6 Å². The van der Waals surface area contributed by atoms with Gasteiger partial charge in [-0.3, -0.25) is 9.59 Å². The van der Waals surface area contributed by atoms with E-state index in [4.69, 9.17) is 16.3 Å². The minimum absolute atomic E-state index is 0.178. The highest BCUT2D eigenvalue weighted by Crippen LogP contribution is 2.52. The number of hydrazone groups is 1. The highest BCUT2D eigenvalue weighted by molar-refractivity contribution is 6.30. The molecular weight excluding hydrogens is 388 g/mol. The Bertz CT molecular complexity index is 1000. The van der Waals surface area contributed by atoms with Crippen LogP contribution in [-0.2, 0) is 16.2 Å². The maximum absolute atomic E-state index is 12.7. The number of carbonyl (C=O) groups excluding carboxylic acids is 2. The first-order valence-corrected chi connectivity index (χ1v) is 10.1.